The number of carbonyl (C=O) groups is 2. The molecule has 0 radical (unpaired) electrons. The Morgan fingerprint density at radius 1 is 1.07 bits per heavy atom. The molecule has 27 heavy (non-hydrogen) atoms. The molecule has 1 fully saturated rings. The molecular formula is C21H24ClN3O2. The maximum atomic E-state index is 12.6. The molecule has 0 unspecified atom stereocenters. The number of nitrogens with zero attached hydrogens (tertiary/aromatic N) is 1. The van der Waals surface area contributed by atoms with Crippen molar-refractivity contribution in [3.05, 3.63) is 58.6 Å². The van der Waals surface area contributed by atoms with Crippen molar-refractivity contribution in [1.29, 1.82) is 0 Å². The third-order valence-electron chi connectivity index (χ3n) is 4.74. The number of carbonyl (C=O) groups excluding carboxylic acids is 2. The Bertz CT molecular complexity index is 832. The normalized spacial score (nSPS) is 13.9. The van der Waals surface area contributed by atoms with E-state index >= 15 is 0 Å². The first-order valence-corrected chi connectivity index (χ1v) is 9.60. The van der Waals surface area contributed by atoms with Gasteiger partial charge in [0.05, 0.1) is 6.54 Å². The Hall–Kier alpha value is -2.53. The van der Waals surface area contributed by atoms with Crippen LogP contribution in [0.1, 0.15) is 35.2 Å². The second-order valence-corrected chi connectivity index (χ2v) is 7.15. The van der Waals surface area contributed by atoms with Gasteiger partial charge in [-0.05, 0) is 62.1 Å². The average molecular weight is 386 g/mol. The largest absolute Gasteiger partial charge is 0.376 e. The van der Waals surface area contributed by atoms with Crippen LogP contribution in [0.5, 0.6) is 0 Å². The zero-order valence-electron chi connectivity index (χ0n) is 15.4. The van der Waals surface area contributed by atoms with E-state index in [9.17, 15) is 9.59 Å². The van der Waals surface area contributed by atoms with E-state index in [1.165, 1.54) is 6.42 Å². The first-order valence-electron chi connectivity index (χ1n) is 9.23. The summed E-state index contributed by atoms with van der Waals surface area (Å²) < 4.78 is 0. The maximum Gasteiger partial charge on any atom is 0.253 e. The number of likely N-dealkylation sites (tertiary alicyclic amines) is 1. The predicted octanol–water partition coefficient (Wildman–Crippen LogP) is 4.33. The Balaban J connectivity index is 1.59. The monoisotopic (exact) mass is 385 g/mol. The summed E-state index contributed by atoms with van der Waals surface area (Å²) in [5.41, 5.74) is 2.95. The minimum absolute atomic E-state index is 0.0264. The van der Waals surface area contributed by atoms with E-state index in [0.29, 0.717) is 16.3 Å². The van der Waals surface area contributed by atoms with Gasteiger partial charge in [0.15, 0.2) is 0 Å². The maximum absolute atomic E-state index is 12.6. The lowest BCUT2D eigenvalue weighted by atomic mass is 10.1. The topological polar surface area (TPSA) is 61.4 Å². The molecule has 3 rings (SSSR count). The van der Waals surface area contributed by atoms with Crippen LogP contribution in [0.15, 0.2) is 42.5 Å². The fraction of sp³-hybridized carbons (Fsp3) is 0.333. The lowest BCUT2D eigenvalue weighted by Crippen LogP contribution is -2.35. The van der Waals surface area contributed by atoms with Gasteiger partial charge < -0.3 is 15.5 Å². The lowest BCUT2D eigenvalue weighted by molar-refractivity contribution is -0.114. The summed E-state index contributed by atoms with van der Waals surface area (Å²) >= 11 is 6.09. The molecule has 2 aromatic carbocycles. The van der Waals surface area contributed by atoms with E-state index in [0.717, 1.165) is 37.2 Å². The first-order chi connectivity index (χ1) is 13.0. The van der Waals surface area contributed by atoms with Crippen molar-refractivity contribution >= 4 is 34.8 Å². The summed E-state index contributed by atoms with van der Waals surface area (Å²) in [5.74, 6) is -0.157. The molecule has 5 nitrogen and oxygen atoms in total. The second kappa shape index (κ2) is 8.91. The van der Waals surface area contributed by atoms with E-state index in [1.54, 1.807) is 24.3 Å². The standard InChI is InChI=1S/C21H24ClN3O2/c1-15-18(22)9-6-10-19(15)23-14-20(26)24-17-8-5-7-16(13-17)21(27)25-11-3-2-4-12-25/h5-10,13,23H,2-4,11-12,14H2,1H3,(H,24,26). The van der Waals surface area contributed by atoms with Gasteiger partial charge in [0.25, 0.3) is 5.91 Å². The van der Waals surface area contributed by atoms with Crippen molar-refractivity contribution < 1.29 is 9.59 Å². The number of anilines is 2. The zero-order chi connectivity index (χ0) is 19.2. The molecule has 0 spiro atoms. The minimum Gasteiger partial charge on any atom is -0.376 e. The summed E-state index contributed by atoms with van der Waals surface area (Å²) in [6.45, 7) is 3.63. The minimum atomic E-state index is -0.183. The number of piperidine rings is 1. The van der Waals surface area contributed by atoms with Crippen LogP contribution in [0.25, 0.3) is 0 Å². The number of halogens is 1. The van der Waals surface area contributed by atoms with Gasteiger partial charge >= 0.3 is 0 Å². The van der Waals surface area contributed by atoms with Crippen LogP contribution in [-0.2, 0) is 4.79 Å². The van der Waals surface area contributed by atoms with Crippen molar-refractivity contribution in [2.45, 2.75) is 26.2 Å². The predicted molar refractivity (Wildman–Crippen MR) is 110 cm³/mol. The molecule has 2 amide bonds. The summed E-state index contributed by atoms with van der Waals surface area (Å²) in [7, 11) is 0. The van der Waals surface area contributed by atoms with E-state index < -0.39 is 0 Å². The van der Waals surface area contributed by atoms with Crippen molar-refractivity contribution in [1.82, 2.24) is 4.90 Å². The number of rotatable bonds is 5. The molecule has 2 N–H and O–H groups in total. The van der Waals surface area contributed by atoms with Gasteiger partial charge in [-0.1, -0.05) is 23.7 Å². The van der Waals surface area contributed by atoms with Crippen molar-refractivity contribution in [2.75, 3.05) is 30.3 Å². The first kappa shape index (κ1) is 19.2. The number of hydrogen-bond donors (Lipinski definition) is 2. The van der Waals surface area contributed by atoms with Crippen LogP contribution < -0.4 is 10.6 Å². The molecule has 142 valence electrons. The highest BCUT2D eigenvalue weighted by atomic mass is 35.5. The van der Waals surface area contributed by atoms with Crippen LogP contribution in [-0.4, -0.2) is 36.3 Å². The van der Waals surface area contributed by atoms with E-state index in [1.807, 2.05) is 30.0 Å². The Labute approximate surface area is 164 Å². The summed E-state index contributed by atoms with van der Waals surface area (Å²) in [6.07, 6.45) is 3.28. The molecule has 6 heteroatoms. The van der Waals surface area contributed by atoms with E-state index in [2.05, 4.69) is 10.6 Å². The Morgan fingerprint density at radius 2 is 1.81 bits per heavy atom. The van der Waals surface area contributed by atoms with Gasteiger partial charge in [-0.3, -0.25) is 9.59 Å². The van der Waals surface area contributed by atoms with Crippen molar-refractivity contribution in [3.63, 3.8) is 0 Å². The summed E-state index contributed by atoms with van der Waals surface area (Å²) in [6, 6.07) is 12.6. The molecule has 0 aromatic heterocycles. The third-order valence-corrected chi connectivity index (χ3v) is 5.15. The SMILES string of the molecule is Cc1c(Cl)cccc1NCC(=O)Nc1cccc(C(=O)N2CCCCC2)c1. The molecule has 0 atom stereocenters. The zero-order valence-corrected chi connectivity index (χ0v) is 16.2. The highest BCUT2D eigenvalue weighted by molar-refractivity contribution is 6.31. The van der Waals surface area contributed by atoms with Crippen molar-refractivity contribution in [3.8, 4) is 0 Å². The molecule has 1 aliphatic heterocycles. The van der Waals surface area contributed by atoms with Crippen LogP contribution in [0, 0.1) is 6.92 Å². The number of hydrogen-bond acceptors (Lipinski definition) is 3. The number of amides is 2. The van der Waals surface area contributed by atoms with Crippen LogP contribution in [0.4, 0.5) is 11.4 Å². The van der Waals surface area contributed by atoms with Crippen molar-refractivity contribution in [2.24, 2.45) is 0 Å². The summed E-state index contributed by atoms with van der Waals surface area (Å²) in [4.78, 5) is 26.8. The average Bonchev–Trinajstić information content (AvgIpc) is 2.69. The fourth-order valence-electron chi connectivity index (χ4n) is 3.19. The number of nitrogens with one attached hydrogen (secondary N) is 2. The van der Waals surface area contributed by atoms with Crippen LogP contribution in [0.3, 0.4) is 0 Å². The quantitative estimate of drug-likeness (QED) is 0.805. The van der Waals surface area contributed by atoms with Gasteiger partial charge in [-0.25, -0.2) is 0 Å². The van der Waals surface area contributed by atoms with E-state index in [4.69, 9.17) is 11.6 Å². The molecule has 1 aliphatic rings. The Morgan fingerprint density at radius 3 is 2.59 bits per heavy atom. The second-order valence-electron chi connectivity index (χ2n) is 6.75. The Kier molecular flexibility index (Phi) is 6.35. The highest BCUT2D eigenvalue weighted by Crippen LogP contribution is 2.22. The highest BCUT2D eigenvalue weighted by Gasteiger charge is 2.18. The third kappa shape index (κ3) is 5.01. The number of benzene rings is 2. The van der Waals surface area contributed by atoms with Gasteiger partial charge in [0, 0.05) is 35.1 Å². The van der Waals surface area contributed by atoms with Gasteiger partial charge in [0.2, 0.25) is 5.91 Å². The molecule has 1 saturated heterocycles. The summed E-state index contributed by atoms with van der Waals surface area (Å²) in [5, 5.41) is 6.59. The van der Waals surface area contributed by atoms with Crippen LogP contribution in [0.2, 0.25) is 5.02 Å². The molecular weight excluding hydrogens is 362 g/mol. The molecule has 0 bridgehead atoms. The molecule has 0 aliphatic carbocycles. The smallest absolute Gasteiger partial charge is 0.253 e. The fourth-order valence-corrected chi connectivity index (χ4v) is 3.36. The van der Waals surface area contributed by atoms with E-state index in [-0.39, 0.29) is 18.4 Å². The van der Waals surface area contributed by atoms with Gasteiger partial charge in [-0.2, -0.15) is 0 Å². The van der Waals surface area contributed by atoms with Gasteiger partial charge in [0.1, 0.15) is 0 Å². The molecule has 0 saturated carbocycles. The van der Waals surface area contributed by atoms with Crippen LogP contribution >= 0.6 is 11.6 Å². The molecule has 1 heterocycles. The molecule has 2 aromatic rings. The van der Waals surface area contributed by atoms with Gasteiger partial charge in [-0.15, -0.1) is 0 Å². The lowest BCUT2D eigenvalue weighted by Gasteiger charge is -2.26.